The lowest BCUT2D eigenvalue weighted by atomic mass is 10.2. The molecular formula is C16H15BrFN3O5S. The van der Waals surface area contributed by atoms with Crippen molar-refractivity contribution in [2.45, 2.75) is 17.9 Å². The predicted molar refractivity (Wildman–Crippen MR) is 100 cm³/mol. The highest BCUT2D eigenvalue weighted by Gasteiger charge is 2.32. The van der Waals surface area contributed by atoms with Gasteiger partial charge in [-0.05, 0) is 37.3 Å². The second-order valence-electron chi connectivity index (χ2n) is 5.52. The second kappa shape index (κ2) is 8.44. The first-order valence-corrected chi connectivity index (χ1v) is 9.82. The maximum absolute atomic E-state index is 14.4. The van der Waals surface area contributed by atoms with E-state index in [1.165, 1.54) is 19.1 Å². The summed E-state index contributed by atoms with van der Waals surface area (Å²) < 4.78 is 42.0. The molecule has 27 heavy (non-hydrogen) atoms. The highest BCUT2D eigenvalue weighted by atomic mass is 79.9. The van der Waals surface area contributed by atoms with E-state index in [0.29, 0.717) is 10.9 Å². The molecule has 2 aromatic carbocycles. The Balaban J connectivity index is 2.58. The molecule has 1 N–H and O–H groups in total. The van der Waals surface area contributed by atoms with Gasteiger partial charge in [0.25, 0.3) is 15.7 Å². The number of nitrogens with zero attached hydrogens (tertiary/aromatic N) is 2. The predicted octanol–water partition coefficient (Wildman–Crippen LogP) is 2.83. The molecule has 0 aromatic heterocycles. The third-order valence-corrected chi connectivity index (χ3v) is 6.08. The number of anilines is 1. The Kier molecular flexibility index (Phi) is 6.50. The summed E-state index contributed by atoms with van der Waals surface area (Å²) in [4.78, 5) is 20.5. The van der Waals surface area contributed by atoms with E-state index in [1.807, 2.05) is 0 Å². The average molecular weight is 460 g/mol. The molecule has 8 nitrogen and oxygen atoms in total. The number of nitrogens with one attached hydrogen (secondary N) is 1. The first kappa shape index (κ1) is 20.8. The van der Waals surface area contributed by atoms with Gasteiger partial charge in [0.2, 0.25) is 6.41 Å². The van der Waals surface area contributed by atoms with Crippen LogP contribution in [0.15, 0.2) is 51.8 Å². The summed E-state index contributed by atoms with van der Waals surface area (Å²) in [5, 5.41) is 13.1. The van der Waals surface area contributed by atoms with Gasteiger partial charge in [-0.1, -0.05) is 15.9 Å². The average Bonchev–Trinajstić information content (AvgIpc) is 2.63. The largest absolute Gasteiger partial charge is 0.357 e. The van der Waals surface area contributed by atoms with E-state index in [-0.39, 0.29) is 22.8 Å². The second-order valence-corrected chi connectivity index (χ2v) is 8.25. The van der Waals surface area contributed by atoms with Crippen molar-refractivity contribution in [3.05, 3.63) is 62.9 Å². The molecule has 0 saturated heterocycles. The standard InChI is InChI=1S/C16H15BrFN3O5S/c1-11(9-19-10-22)20(16-8-12(17)2-7-15(16)18)27(25,26)14-5-3-13(4-6-14)21(23)24/h2-8,10-11H,9H2,1H3,(H,19,22). The van der Waals surface area contributed by atoms with Gasteiger partial charge in [0.1, 0.15) is 5.82 Å². The molecule has 1 unspecified atom stereocenters. The Hall–Kier alpha value is -2.53. The molecule has 0 aliphatic rings. The number of hydrogen-bond acceptors (Lipinski definition) is 5. The molecule has 0 bridgehead atoms. The molecular weight excluding hydrogens is 445 g/mol. The summed E-state index contributed by atoms with van der Waals surface area (Å²) in [5.74, 6) is -0.776. The van der Waals surface area contributed by atoms with Crippen LogP contribution >= 0.6 is 15.9 Å². The molecule has 1 atom stereocenters. The van der Waals surface area contributed by atoms with Crippen LogP contribution in [0.25, 0.3) is 0 Å². The van der Waals surface area contributed by atoms with E-state index in [0.717, 1.165) is 34.6 Å². The quantitative estimate of drug-likeness (QED) is 0.370. The van der Waals surface area contributed by atoms with Gasteiger partial charge < -0.3 is 5.32 Å². The Morgan fingerprint density at radius 1 is 1.30 bits per heavy atom. The van der Waals surface area contributed by atoms with E-state index in [1.54, 1.807) is 0 Å². The number of amides is 1. The van der Waals surface area contributed by atoms with Crippen molar-refractivity contribution >= 4 is 43.7 Å². The zero-order valence-corrected chi connectivity index (χ0v) is 16.4. The van der Waals surface area contributed by atoms with Crippen molar-refractivity contribution in [3.8, 4) is 0 Å². The fourth-order valence-corrected chi connectivity index (χ4v) is 4.42. The molecule has 2 aromatic rings. The van der Waals surface area contributed by atoms with Gasteiger partial charge in [0, 0.05) is 23.2 Å². The van der Waals surface area contributed by atoms with E-state index >= 15 is 0 Å². The number of halogens is 2. The van der Waals surface area contributed by atoms with Crippen molar-refractivity contribution in [2.75, 3.05) is 10.8 Å². The molecule has 0 radical (unpaired) electrons. The minimum atomic E-state index is -4.27. The van der Waals surface area contributed by atoms with Crippen LogP contribution in [0, 0.1) is 15.9 Å². The van der Waals surface area contributed by atoms with Crippen LogP contribution < -0.4 is 9.62 Å². The third kappa shape index (κ3) is 4.61. The SMILES string of the molecule is CC(CNC=O)N(c1cc(Br)ccc1F)S(=O)(=O)c1ccc([N+](=O)[O-])cc1. The summed E-state index contributed by atoms with van der Waals surface area (Å²) in [5.41, 5.74) is -0.493. The first-order chi connectivity index (χ1) is 12.7. The van der Waals surface area contributed by atoms with Crippen molar-refractivity contribution in [1.82, 2.24) is 5.32 Å². The molecule has 2 rings (SSSR count). The van der Waals surface area contributed by atoms with Gasteiger partial charge in [-0.2, -0.15) is 0 Å². The Morgan fingerprint density at radius 2 is 1.93 bits per heavy atom. The molecule has 144 valence electrons. The maximum Gasteiger partial charge on any atom is 0.269 e. The van der Waals surface area contributed by atoms with Crippen molar-refractivity contribution < 1.29 is 22.5 Å². The number of non-ortho nitro benzene ring substituents is 1. The minimum Gasteiger partial charge on any atom is -0.357 e. The third-order valence-electron chi connectivity index (χ3n) is 3.65. The summed E-state index contributed by atoms with van der Waals surface area (Å²) in [7, 11) is -4.27. The van der Waals surface area contributed by atoms with Crippen LogP contribution in [-0.4, -0.2) is 32.3 Å². The number of carbonyl (C=O) groups is 1. The van der Waals surface area contributed by atoms with Crippen LogP contribution in [-0.2, 0) is 14.8 Å². The zero-order valence-electron chi connectivity index (χ0n) is 14.0. The number of nitro benzene ring substituents is 1. The van der Waals surface area contributed by atoms with Gasteiger partial charge in [0.15, 0.2) is 0 Å². The zero-order chi connectivity index (χ0) is 20.2. The molecule has 1 amide bonds. The number of sulfonamides is 1. The molecule has 0 aliphatic heterocycles. The fraction of sp³-hybridized carbons (Fsp3) is 0.188. The van der Waals surface area contributed by atoms with E-state index in [4.69, 9.17) is 0 Å². The van der Waals surface area contributed by atoms with Gasteiger partial charge in [-0.3, -0.25) is 19.2 Å². The van der Waals surface area contributed by atoms with E-state index in [2.05, 4.69) is 21.2 Å². The van der Waals surface area contributed by atoms with Crippen LogP contribution in [0.5, 0.6) is 0 Å². The Labute approximate surface area is 163 Å². The topological polar surface area (TPSA) is 110 Å². The molecule has 0 fully saturated rings. The lowest BCUT2D eigenvalue weighted by Crippen LogP contribution is -2.44. The van der Waals surface area contributed by atoms with Gasteiger partial charge >= 0.3 is 0 Å². The number of nitro groups is 1. The summed E-state index contributed by atoms with van der Waals surface area (Å²) in [6.07, 6.45) is 0.407. The molecule has 0 spiro atoms. The normalized spacial score (nSPS) is 12.3. The van der Waals surface area contributed by atoms with Crippen LogP contribution in [0.4, 0.5) is 15.8 Å². The van der Waals surface area contributed by atoms with Crippen molar-refractivity contribution in [2.24, 2.45) is 0 Å². The summed E-state index contributed by atoms with van der Waals surface area (Å²) >= 11 is 3.18. The van der Waals surface area contributed by atoms with Gasteiger partial charge in [-0.25, -0.2) is 12.8 Å². The highest BCUT2D eigenvalue weighted by molar-refractivity contribution is 9.10. The van der Waals surface area contributed by atoms with Gasteiger partial charge in [-0.15, -0.1) is 0 Å². The van der Waals surface area contributed by atoms with Crippen LogP contribution in [0.3, 0.4) is 0 Å². The highest BCUT2D eigenvalue weighted by Crippen LogP contribution is 2.31. The Morgan fingerprint density at radius 3 is 2.48 bits per heavy atom. The monoisotopic (exact) mass is 459 g/mol. The fourth-order valence-electron chi connectivity index (χ4n) is 2.41. The van der Waals surface area contributed by atoms with Crippen molar-refractivity contribution in [3.63, 3.8) is 0 Å². The number of hydrogen-bond donors (Lipinski definition) is 1. The lowest BCUT2D eigenvalue weighted by Gasteiger charge is -2.30. The first-order valence-electron chi connectivity index (χ1n) is 7.59. The Bertz CT molecular complexity index is 953. The smallest absolute Gasteiger partial charge is 0.269 e. The lowest BCUT2D eigenvalue weighted by molar-refractivity contribution is -0.384. The summed E-state index contributed by atoms with van der Waals surface area (Å²) in [6.45, 7) is 1.43. The van der Waals surface area contributed by atoms with Crippen LogP contribution in [0.1, 0.15) is 6.92 Å². The maximum atomic E-state index is 14.4. The van der Waals surface area contributed by atoms with Crippen LogP contribution in [0.2, 0.25) is 0 Å². The number of carbonyl (C=O) groups excluding carboxylic acids is 1. The molecule has 0 aliphatic carbocycles. The van der Waals surface area contributed by atoms with E-state index in [9.17, 15) is 27.7 Å². The summed E-state index contributed by atoms with van der Waals surface area (Å²) in [6, 6.07) is 7.26. The molecule has 0 heterocycles. The van der Waals surface area contributed by atoms with Gasteiger partial charge in [0.05, 0.1) is 21.5 Å². The van der Waals surface area contributed by atoms with Crippen molar-refractivity contribution in [1.29, 1.82) is 0 Å². The van der Waals surface area contributed by atoms with E-state index < -0.39 is 26.8 Å². The number of benzene rings is 2. The minimum absolute atomic E-state index is 0.0678. The number of rotatable bonds is 8. The molecule has 0 saturated carbocycles. The molecule has 11 heteroatoms.